The SMILES string of the molecule is O=c1c2ccccc2ncn1-c1ccnc(S(=O)CC(F)(F)F)n1.O=c1c2ccccc2ncn1-c1ccnc(SCC(F)(F)F)n1. The summed E-state index contributed by atoms with van der Waals surface area (Å²) in [5, 5.41) is 0.180. The molecule has 242 valence electrons. The molecule has 0 aliphatic rings. The summed E-state index contributed by atoms with van der Waals surface area (Å²) in [7, 11) is -2.45. The van der Waals surface area contributed by atoms with Crippen LogP contribution in [-0.4, -0.2) is 67.1 Å². The van der Waals surface area contributed by atoms with E-state index in [9.17, 15) is 40.1 Å². The molecule has 47 heavy (non-hydrogen) atoms. The van der Waals surface area contributed by atoms with Crippen LogP contribution < -0.4 is 11.1 Å². The first kappa shape index (κ1) is 33.3. The average molecular weight is 693 g/mol. The van der Waals surface area contributed by atoms with E-state index < -0.39 is 45.4 Å². The number of halogens is 6. The second kappa shape index (κ2) is 13.8. The molecule has 0 amide bonds. The maximum Gasteiger partial charge on any atom is 0.400 e. The fourth-order valence-corrected chi connectivity index (χ4v) is 5.32. The Bertz CT molecular complexity index is 2210. The van der Waals surface area contributed by atoms with Gasteiger partial charge in [0.1, 0.15) is 40.8 Å². The number of nitrogens with zero attached hydrogens (tertiary/aromatic N) is 8. The standard InChI is InChI=1S/C14H9F3N4O2S.C14H9F3N4OS/c15-14(16,17)7-24(23)13-18-6-5-11(20-13)21-8-19-10-4-2-1-3-9(10)12(21)22;15-14(16,17)7-23-13-18-6-5-11(20-13)21-8-19-10-4-2-1-3-9(10)12(21)22/h1-6,8H,7H2;1-6,8H,7H2. The summed E-state index contributed by atoms with van der Waals surface area (Å²) in [4.78, 5) is 48.3. The monoisotopic (exact) mass is 692 g/mol. The van der Waals surface area contributed by atoms with Gasteiger partial charge in [0.25, 0.3) is 11.1 Å². The van der Waals surface area contributed by atoms with E-state index in [0.717, 1.165) is 10.8 Å². The maximum atomic E-state index is 12.4. The summed E-state index contributed by atoms with van der Waals surface area (Å²) in [5.41, 5.74) is 0.232. The van der Waals surface area contributed by atoms with Crippen LogP contribution in [0, 0.1) is 0 Å². The molecule has 0 aliphatic heterocycles. The Balaban J connectivity index is 0.000000185. The van der Waals surface area contributed by atoms with Crippen LogP contribution >= 0.6 is 11.8 Å². The molecule has 1 unspecified atom stereocenters. The predicted octanol–water partition coefficient (Wildman–Crippen LogP) is 4.68. The van der Waals surface area contributed by atoms with E-state index in [1.165, 1.54) is 35.6 Å². The van der Waals surface area contributed by atoms with Gasteiger partial charge >= 0.3 is 12.4 Å². The van der Waals surface area contributed by atoms with E-state index in [1.807, 2.05) is 0 Å². The lowest BCUT2D eigenvalue weighted by molar-refractivity contribution is -0.106. The maximum absolute atomic E-state index is 12.4. The van der Waals surface area contributed by atoms with Gasteiger partial charge in [0.05, 0.1) is 27.6 Å². The average Bonchev–Trinajstić information content (AvgIpc) is 3.04. The zero-order valence-corrected chi connectivity index (χ0v) is 25.0. The normalized spacial score (nSPS) is 12.5. The number of para-hydroxylation sites is 2. The lowest BCUT2D eigenvalue weighted by atomic mass is 10.2. The van der Waals surface area contributed by atoms with E-state index in [1.54, 1.807) is 48.5 Å². The molecular weight excluding hydrogens is 674 g/mol. The highest BCUT2D eigenvalue weighted by molar-refractivity contribution is 7.99. The van der Waals surface area contributed by atoms with Gasteiger partial charge in [-0.25, -0.2) is 29.9 Å². The zero-order valence-electron chi connectivity index (χ0n) is 23.4. The van der Waals surface area contributed by atoms with Crippen molar-refractivity contribution < 1.29 is 30.6 Å². The molecule has 4 aromatic heterocycles. The number of benzene rings is 2. The first-order valence-electron chi connectivity index (χ1n) is 13.0. The number of thioether (sulfide) groups is 1. The quantitative estimate of drug-likeness (QED) is 0.138. The largest absolute Gasteiger partial charge is 0.400 e. The minimum Gasteiger partial charge on any atom is -0.268 e. The van der Waals surface area contributed by atoms with Gasteiger partial charge in [-0.3, -0.25) is 22.9 Å². The number of rotatable bonds is 6. The van der Waals surface area contributed by atoms with E-state index in [2.05, 4.69) is 29.9 Å². The number of aromatic nitrogens is 8. The van der Waals surface area contributed by atoms with Crippen molar-refractivity contribution in [1.29, 1.82) is 0 Å². The van der Waals surface area contributed by atoms with Crippen LogP contribution in [0.5, 0.6) is 0 Å². The second-order valence-electron chi connectivity index (χ2n) is 9.28. The molecule has 0 radical (unpaired) electrons. The molecule has 11 nitrogen and oxygen atoms in total. The number of fused-ring (bicyclic) bond motifs is 2. The van der Waals surface area contributed by atoms with Gasteiger partial charge in [0, 0.05) is 12.4 Å². The summed E-state index contributed by atoms with van der Waals surface area (Å²) >= 11 is 0.463. The molecule has 4 heterocycles. The molecule has 0 aliphatic carbocycles. The molecule has 0 spiro atoms. The van der Waals surface area contributed by atoms with Crippen molar-refractivity contribution in [2.24, 2.45) is 0 Å². The lowest BCUT2D eigenvalue weighted by Crippen LogP contribution is -2.22. The van der Waals surface area contributed by atoms with Gasteiger partial charge < -0.3 is 0 Å². The van der Waals surface area contributed by atoms with Crippen molar-refractivity contribution in [2.75, 3.05) is 11.5 Å². The summed E-state index contributed by atoms with van der Waals surface area (Å²) in [5.74, 6) is -2.48. The Morgan fingerprint density at radius 3 is 1.70 bits per heavy atom. The van der Waals surface area contributed by atoms with Crippen molar-refractivity contribution in [3.8, 4) is 11.6 Å². The molecule has 19 heteroatoms. The van der Waals surface area contributed by atoms with E-state index in [0.29, 0.717) is 33.6 Å². The zero-order chi connectivity index (χ0) is 33.8. The molecule has 0 fully saturated rings. The fourth-order valence-electron chi connectivity index (χ4n) is 3.94. The minimum atomic E-state index is -4.61. The fraction of sp³-hybridized carbons (Fsp3) is 0.143. The van der Waals surface area contributed by atoms with Crippen molar-refractivity contribution in [1.82, 2.24) is 39.0 Å². The Morgan fingerprint density at radius 2 is 1.17 bits per heavy atom. The lowest BCUT2D eigenvalue weighted by Gasteiger charge is -2.08. The third-order valence-corrected chi connectivity index (χ3v) is 8.05. The van der Waals surface area contributed by atoms with Gasteiger partial charge in [-0.1, -0.05) is 36.0 Å². The minimum absolute atomic E-state index is 0.00113. The van der Waals surface area contributed by atoms with Crippen LogP contribution in [0.15, 0.2) is 106 Å². The van der Waals surface area contributed by atoms with Gasteiger partial charge in [-0.15, -0.1) is 0 Å². The Morgan fingerprint density at radius 1 is 0.660 bits per heavy atom. The van der Waals surface area contributed by atoms with Gasteiger partial charge in [-0.05, 0) is 36.4 Å². The Kier molecular flexibility index (Phi) is 9.75. The van der Waals surface area contributed by atoms with Crippen molar-refractivity contribution in [2.45, 2.75) is 22.7 Å². The van der Waals surface area contributed by atoms with Gasteiger partial charge in [-0.2, -0.15) is 26.3 Å². The first-order chi connectivity index (χ1) is 22.3. The van der Waals surface area contributed by atoms with E-state index in [-0.39, 0.29) is 22.4 Å². The Hall–Kier alpha value is -5.04. The summed E-state index contributed by atoms with van der Waals surface area (Å²) < 4.78 is 87.8. The van der Waals surface area contributed by atoms with Crippen LogP contribution in [0.1, 0.15) is 0 Å². The molecule has 0 saturated carbocycles. The topological polar surface area (TPSA) is 138 Å². The molecular formula is C28H18F6N8O3S2. The molecule has 2 aromatic carbocycles. The van der Waals surface area contributed by atoms with Crippen molar-refractivity contribution >= 4 is 44.4 Å². The smallest absolute Gasteiger partial charge is 0.268 e. The molecule has 1 atom stereocenters. The third-order valence-electron chi connectivity index (χ3n) is 5.93. The van der Waals surface area contributed by atoms with E-state index in [4.69, 9.17) is 0 Å². The third kappa shape index (κ3) is 8.41. The van der Waals surface area contributed by atoms with E-state index >= 15 is 0 Å². The summed E-state index contributed by atoms with van der Waals surface area (Å²) in [6.45, 7) is 0. The molecule has 0 saturated heterocycles. The van der Waals surface area contributed by atoms with Gasteiger partial charge in [0.2, 0.25) is 5.16 Å². The van der Waals surface area contributed by atoms with Crippen molar-refractivity contribution in [3.63, 3.8) is 0 Å². The molecule has 6 aromatic rings. The first-order valence-corrected chi connectivity index (χ1v) is 15.3. The number of alkyl halides is 6. The van der Waals surface area contributed by atoms with Crippen LogP contribution in [-0.2, 0) is 10.8 Å². The number of hydrogen-bond acceptors (Lipinski definition) is 10. The highest BCUT2D eigenvalue weighted by atomic mass is 32.2. The highest BCUT2D eigenvalue weighted by Crippen LogP contribution is 2.25. The molecule has 6 rings (SSSR count). The Labute approximate surface area is 265 Å². The van der Waals surface area contributed by atoms with Crippen LogP contribution in [0.25, 0.3) is 33.4 Å². The molecule has 0 bridgehead atoms. The van der Waals surface area contributed by atoms with Crippen LogP contribution in [0.3, 0.4) is 0 Å². The number of hydrogen-bond donors (Lipinski definition) is 0. The van der Waals surface area contributed by atoms with Gasteiger partial charge in [0.15, 0.2) is 5.16 Å². The highest BCUT2D eigenvalue weighted by Gasteiger charge is 2.32. The van der Waals surface area contributed by atoms with Crippen molar-refractivity contribution in [3.05, 3.63) is 106 Å². The molecule has 0 N–H and O–H groups in total. The summed E-state index contributed by atoms with van der Waals surface area (Å²) in [6.07, 6.45) is -3.96. The van der Waals surface area contributed by atoms with Crippen LogP contribution in [0.4, 0.5) is 26.3 Å². The summed E-state index contributed by atoms with van der Waals surface area (Å²) in [6, 6.07) is 16.2. The second-order valence-corrected chi connectivity index (χ2v) is 11.6. The predicted molar refractivity (Wildman–Crippen MR) is 160 cm³/mol. The van der Waals surface area contributed by atoms with Crippen LogP contribution in [0.2, 0.25) is 0 Å².